The van der Waals surface area contributed by atoms with E-state index in [4.69, 9.17) is 9.47 Å². The van der Waals surface area contributed by atoms with E-state index < -0.39 is 5.92 Å². The van der Waals surface area contributed by atoms with E-state index in [1.165, 1.54) is 0 Å². The van der Waals surface area contributed by atoms with Crippen molar-refractivity contribution in [2.24, 2.45) is 23.2 Å². The maximum absolute atomic E-state index is 12.3. The Morgan fingerprint density at radius 1 is 1.15 bits per heavy atom. The molecule has 4 nitrogen and oxygen atoms in total. The van der Waals surface area contributed by atoms with Gasteiger partial charge in [-0.05, 0) is 25.2 Å². The van der Waals surface area contributed by atoms with Crippen LogP contribution in [-0.4, -0.2) is 25.2 Å². The lowest BCUT2D eigenvalue weighted by Crippen LogP contribution is -2.39. The van der Waals surface area contributed by atoms with Crippen molar-refractivity contribution in [2.75, 3.05) is 13.2 Å². The zero-order valence-electron chi connectivity index (χ0n) is 12.6. The molecule has 20 heavy (non-hydrogen) atoms. The molecule has 0 aromatic carbocycles. The third-order valence-corrected chi connectivity index (χ3v) is 4.35. The molecule has 2 bridgehead atoms. The van der Waals surface area contributed by atoms with E-state index in [0.29, 0.717) is 13.2 Å². The fourth-order valence-corrected chi connectivity index (χ4v) is 3.44. The molecule has 0 aromatic heterocycles. The second kappa shape index (κ2) is 5.98. The minimum Gasteiger partial charge on any atom is -0.465 e. The summed E-state index contributed by atoms with van der Waals surface area (Å²) in [4.78, 5) is 24.6. The van der Waals surface area contributed by atoms with Gasteiger partial charge in [0, 0.05) is 5.41 Å². The van der Waals surface area contributed by atoms with Gasteiger partial charge in [-0.25, -0.2) is 0 Å². The SMILES string of the molecule is CCCOC(=O)C1C2C=CC(C)(C2)C1C(=O)OCCC. The third-order valence-electron chi connectivity index (χ3n) is 4.35. The monoisotopic (exact) mass is 280 g/mol. The minimum absolute atomic E-state index is 0.114. The van der Waals surface area contributed by atoms with Crippen LogP contribution < -0.4 is 0 Å². The van der Waals surface area contributed by atoms with Gasteiger partial charge in [0.05, 0.1) is 25.0 Å². The minimum atomic E-state index is -0.395. The number of carbonyl (C=O) groups excluding carboxylic acids is 2. The summed E-state index contributed by atoms with van der Waals surface area (Å²) >= 11 is 0. The summed E-state index contributed by atoms with van der Waals surface area (Å²) in [5.41, 5.74) is -0.259. The summed E-state index contributed by atoms with van der Waals surface area (Å²) in [7, 11) is 0. The fourth-order valence-electron chi connectivity index (χ4n) is 3.44. The number of fused-ring (bicyclic) bond motifs is 2. The lowest BCUT2D eigenvalue weighted by Gasteiger charge is -2.30. The second-order valence-corrected chi connectivity index (χ2v) is 6.07. The summed E-state index contributed by atoms with van der Waals surface area (Å²) in [5, 5.41) is 0. The lowest BCUT2D eigenvalue weighted by atomic mass is 9.75. The zero-order chi connectivity index (χ0) is 14.8. The van der Waals surface area contributed by atoms with Gasteiger partial charge in [0.1, 0.15) is 0 Å². The average molecular weight is 280 g/mol. The summed E-state index contributed by atoms with van der Waals surface area (Å²) in [5.74, 6) is -1.15. The highest BCUT2D eigenvalue weighted by atomic mass is 16.5. The first-order valence-corrected chi connectivity index (χ1v) is 7.56. The maximum atomic E-state index is 12.3. The van der Waals surface area contributed by atoms with Crippen molar-refractivity contribution < 1.29 is 19.1 Å². The quantitative estimate of drug-likeness (QED) is 0.554. The topological polar surface area (TPSA) is 52.6 Å². The Morgan fingerprint density at radius 3 is 2.35 bits per heavy atom. The van der Waals surface area contributed by atoms with Gasteiger partial charge in [0.15, 0.2) is 0 Å². The number of hydrogen-bond donors (Lipinski definition) is 0. The molecule has 0 spiro atoms. The highest BCUT2D eigenvalue weighted by Gasteiger charge is 2.59. The summed E-state index contributed by atoms with van der Waals surface area (Å²) in [6.07, 6.45) is 6.55. The molecule has 0 amide bonds. The Kier molecular flexibility index (Phi) is 4.51. The second-order valence-electron chi connectivity index (χ2n) is 6.07. The molecule has 1 saturated carbocycles. The van der Waals surface area contributed by atoms with Gasteiger partial charge in [-0.2, -0.15) is 0 Å². The van der Waals surface area contributed by atoms with Gasteiger partial charge in [0.25, 0.3) is 0 Å². The molecule has 4 atom stereocenters. The standard InChI is InChI=1S/C16H24O4/c1-4-8-19-14(17)12-11-6-7-16(3,10-11)13(12)15(18)20-9-5-2/h6-7,11-13H,4-5,8-10H2,1-3H3. The molecule has 2 aliphatic carbocycles. The van der Waals surface area contributed by atoms with Crippen LogP contribution >= 0.6 is 0 Å². The van der Waals surface area contributed by atoms with Crippen LogP contribution in [0.3, 0.4) is 0 Å². The summed E-state index contributed by atoms with van der Waals surface area (Å²) in [6.45, 7) is 6.79. The van der Waals surface area contributed by atoms with Crippen molar-refractivity contribution in [2.45, 2.75) is 40.0 Å². The van der Waals surface area contributed by atoms with E-state index in [-0.39, 0.29) is 29.2 Å². The molecule has 4 heteroatoms. The van der Waals surface area contributed by atoms with Crippen molar-refractivity contribution in [1.29, 1.82) is 0 Å². The van der Waals surface area contributed by atoms with Crippen LogP contribution in [0.5, 0.6) is 0 Å². The molecule has 4 unspecified atom stereocenters. The van der Waals surface area contributed by atoms with Crippen LogP contribution in [0.2, 0.25) is 0 Å². The van der Waals surface area contributed by atoms with E-state index in [1.807, 2.05) is 20.8 Å². The van der Waals surface area contributed by atoms with Crippen LogP contribution in [0.15, 0.2) is 12.2 Å². The van der Waals surface area contributed by atoms with Crippen molar-refractivity contribution in [1.82, 2.24) is 0 Å². The Morgan fingerprint density at radius 2 is 1.75 bits per heavy atom. The van der Waals surface area contributed by atoms with Gasteiger partial charge in [-0.3, -0.25) is 9.59 Å². The number of hydrogen-bond acceptors (Lipinski definition) is 4. The molecule has 1 fully saturated rings. The van der Waals surface area contributed by atoms with Gasteiger partial charge in [0.2, 0.25) is 0 Å². The Bertz CT molecular complexity index is 415. The highest BCUT2D eigenvalue weighted by Crippen LogP contribution is 2.57. The average Bonchev–Trinajstić information content (AvgIpc) is 2.95. The number of rotatable bonds is 6. The lowest BCUT2D eigenvalue weighted by molar-refractivity contribution is -0.163. The van der Waals surface area contributed by atoms with E-state index in [2.05, 4.69) is 12.2 Å². The van der Waals surface area contributed by atoms with Crippen molar-refractivity contribution in [3.05, 3.63) is 12.2 Å². The van der Waals surface area contributed by atoms with Crippen LogP contribution in [-0.2, 0) is 19.1 Å². The van der Waals surface area contributed by atoms with E-state index >= 15 is 0 Å². The number of esters is 2. The normalized spacial score (nSPS) is 34.2. The Balaban J connectivity index is 2.14. The van der Waals surface area contributed by atoms with Crippen LogP contribution in [0, 0.1) is 23.2 Å². The first-order chi connectivity index (χ1) is 9.53. The molecule has 2 aliphatic rings. The first kappa shape index (κ1) is 15.1. The molecule has 0 N–H and O–H groups in total. The van der Waals surface area contributed by atoms with Crippen LogP contribution in [0.4, 0.5) is 0 Å². The van der Waals surface area contributed by atoms with Crippen LogP contribution in [0.1, 0.15) is 40.0 Å². The maximum Gasteiger partial charge on any atom is 0.310 e. The zero-order valence-corrected chi connectivity index (χ0v) is 12.6. The molecule has 0 saturated heterocycles. The Hall–Kier alpha value is -1.32. The molecule has 112 valence electrons. The van der Waals surface area contributed by atoms with Gasteiger partial charge >= 0.3 is 11.9 Å². The highest BCUT2D eigenvalue weighted by molar-refractivity contribution is 5.85. The van der Waals surface area contributed by atoms with E-state index in [9.17, 15) is 9.59 Å². The fraction of sp³-hybridized carbons (Fsp3) is 0.750. The molecule has 0 aromatic rings. The van der Waals surface area contributed by atoms with Gasteiger partial charge in [-0.1, -0.05) is 32.9 Å². The Labute approximate surface area is 120 Å². The molecular weight excluding hydrogens is 256 g/mol. The molecular formula is C16H24O4. The third kappa shape index (κ3) is 2.60. The summed E-state index contributed by atoms with van der Waals surface area (Å²) in [6, 6.07) is 0. The summed E-state index contributed by atoms with van der Waals surface area (Å²) < 4.78 is 10.6. The largest absolute Gasteiger partial charge is 0.465 e. The predicted octanol–water partition coefficient (Wildman–Crippen LogP) is 2.72. The number of carbonyl (C=O) groups is 2. The van der Waals surface area contributed by atoms with Gasteiger partial charge < -0.3 is 9.47 Å². The predicted molar refractivity (Wildman–Crippen MR) is 74.8 cm³/mol. The van der Waals surface area contributed by atoms with E-state index in [1.54, 1.807) is 0 Å². The smallest absolute Gasteiger partial charge is 0.310 e. The van der Waals surface area contributed by atoms with Crippen molar-refractivity contribution in [3.63, 3.8) is 0 Å². The molecule has 0 radical (unpaired) electrons. The molecule has 0 aliphatic heterocycles. The number of ether oxygens (including phenoxy) is 2. The van der Waals surface area contributed by atoms with Crippen LogP contribution in [0.25, 0.3) is 0 Å². The van der Waals surface area contributed by atoms with Gasteiger partial charge in [-0.15, -0.1) is 0 Å². The van der Waals surface area contributed by atoms with Crippen molar-refractivity contribution in [3.8, 4) is 0 Å². The first-order valence-electron chi connectivity index (χ1n) is 7.56. The molecule has 0 heterocycles. The van der Waals surface area contributed by atoms with E-state index in [0.717, 1.165) is 19.3 Å². The van der Waals surface area contributed by atoms with Crippen molar-refractivity contribution >= 4 is 11.9 Å². The molecule has 2 rings (SSSR count). The number of allylic oxidation sites excluding steroid dienone is 2.